The second-order valence-corrected chi connectivity index (χ2v) is 6.07. The highest BCUT2D eigenvalue weighted by Gasteiger charge is 2.20. The van der Waals surface area contributed by atoms with Gasteiger partial charge in [0.2, 0.25) is 5.89 Å². The average Bonchev–Trinajstić information content (AvgIpc) is 3.00. The van der Waals surface area contributed by atoms with E-state index >= 15 is 0 Å². The van der Waals surface area contributed by atoms with Gasteiger partial charge in [-0.25, -0.2) is 9.37 Å². The van der Waals surface area contributed by atoms with Crippen molar-refractivity contribution in [2.75, 3.05) is 0 Å². The molecule has 0 radical (unpaired) electrons. The Balaban J connectivity index is 1.79. The van der Waals surface area contributed by atoms with E-state index in [4.69, 9.17) is 16.0 Å². The summed E-state index contributed by atoms with van der Waals surface area (Å²) < 4.78 is 18.9. The fraction of sp³-hybridized carbons (Fsp3) is 0.158. The van der Waals surface area contributed by atoms with Gasteiger partial charge < -0.3 is 9.73 Å². The smallest absolute Gasteiger partial charge is 0.274 e. The second kappa shape index (κ2) is 7.07. The zero-order valence-electron chi connectivity index (χ0n) is 13.7. The molecule has 6 heteroatoms. The van der Waals surface area contributed by atoms with Gasteiger partial charge in [-0.1, -0.05) is 35.9 Å². The molecule has 3 rings (SSSR count). The van der Waals surface area contributed by atoms with Crippen LogP contribution in [0.2, 0.25) is 5.02 Å². The lowest BCUT2D eigenvalue weighted by atomic mass is 10.1. The highest BCUT2D eigenvalue weighted by Crippen LogP contribution is 2.23. The van der Waals surface area contributed by atoms with Gasteiger partial charge in [0.25, 0.3) is 5.91 Å². The lowest BCUT2D eigenvalue weighted by molar-refractivity contribution is 0.0934. The molecule has 3 aromatic rings. The van der Waals surface area contributed by atoms with E-state index in [1.54, 1.807) is 19.9 Å². The molecule has 0 spiro atoms. The minimum atomic E-state index is -0.496. The Hall–Kier alpha value is -2.66. The first kappa shape index (κ1) is 17.2. The molecule has 1 N–H and O–H groups in total. The van der Waals surface area contributed by atoms with Crippen LogP contribution in [0, 0.1) is 12.7 Å². The number of amides is 1. The van der Waals surface area contributed by atoms with Gasteiger partial charge in [-0.2, -0.15) is 0 Å². The Kier molecular flexibility index (Phi) is 4.86. The molecule has 1 aromatic heterocycles. The third-order valence-electron chi connectivity index (χ3n) is 3.82. The summed E-state index contributed by atoms with van der Waals surface area (Å²) in [4.78, 5) is 16.8. The van der Waals surface area contributed by atoms with Crippen LogP contribution in [0.15, 0.2) is 52.9 Å². The highest BCUT2D eigenvalue weighted by atomic mass is 35.5. The van der Waals surface area contributed by atoms with Crippen LogP contribution < -0.4 is 5.32 Å². The Morgan fingerprint density at radius 3 is 2.64 bits per heavy atom. The molecule has 0 fully saturated rings. The summed E-state index contributed by atoms with van der Waals surface area (Å²) >= 11 is 5.79. The lowest BCUT2D eigenvalue weighted by Gasteiger charge is -2.14. The number of aryl methyl sites for hydroxylation is 1. The molecular weight excluding hydrogens is 343 g/mol. The molecular formula is C19H16ClFN2O2. The first-order valence-electron chi connectivity index (χ1n) is 7.74. The van der Waals surface area contributed by atoms with Gasteiger partial charge in [0, 0.05) is 5.56 Å². The van der Waals surface area contributed by atoms with Crippen molar-refractivity contribution in [1.82, 2.24) is 10.3 Å². The predicted molar refractivity (Wildman–Crippen MR) is 94.0 cm³/mol. The second-order valence-electron chi connectivity index (χ2n) is 5.66. The number of halogens is 2. The fourth-order valence-corrected chi connectivity index (χ4v) is 2.63. The topological polar surface area (TPSA) is 55.1 Å². The molecule has 0 aliphatic carbocycles. The standard InChI is InChI=1S/C19H16ClFN2O2/c1-11(14-8-9-16(21)15(20)10-14)22-18(24)17-12(2)25-19(23-17)13-6-4-3-5-7-13/h3-11H,1-2H3,(H,22,24). The first-order valence-corrected chi connectivity index (χ1v) is 8.12. The van der Waals surface area contributed by atoms with Gasteiger partial charge in [-0.15, -0.1) is 0 Å². The predicted octanol–water partition coefficient (Wildman–Crippen LogP) is 4.93. The Bertz CT molecular complexity index is 909. The molecule has 0 saturated carbocycles. The van der Waals surface area contributed by atoms with Crippen LogP contribution in [0.3, 0.4) is 0 Å². The zero-order valence-corrected chi connectivity index (χ0v) is 14.5. The first-order chi connectivity index (χ1) is 12.0. The van der Waals surface area contributed by atoms with Crippen molar-refractivity contribution in [1.29, 1.82) is 0 Å². The van der Waals surface area contributed by atoms with E-state index in [1.165, 1.54) is 12.1 Å². The molecule has 1 amide bonds. The zero-order chi connectivity index (χ0) is 18.0. The number of oxazole rings is 1. The van der Waals surface area contributed by atoms with Crippen molar-refractivity contribution in [3.05, 3.63) is 76.4 Å². The van der Waals surface area contributed by atoms with E-state index in [0.29, 0.717) is 17.2 Å². The monoisotopic (exact) mass is 358 g/mol. The van der Waals surface area contributed by atoms with Crippen molar-refractivity contribution in [2.45, 2.75) is 19.9 Å². The maximum absolute atomic E-state index is 13.3. The van der Waals surface area contributed by atoms with E-state index in [0.717, 1.165) is 5.56 Å². The molecule has 128 valence electrons. The molecule has 4 nitrogen and oxygen atoms in total. The largest absolute Gasteiger partial charge is 0.441 e. The van der Waals surface area contributed by atoms with Crippen LogP contribution in [0.5, 0.6) is 0 Å². The number of benzene rings is 2. The van der Waals surface area contributed by atoms with Crippen LogP contribution in [0.25, 0.3) is 11.5 Å². The number of hydrogen-bond donors (Lipinski definition) is 1. The minimum absolute atomic E-state index is 0.0163. The van der Waals surface area contributed by atoms with Crippen molar-refractivity contribution >= 4 is 17.5 Å². The van der Waals surface area contributed by atoms with Gasteiger partial charge in [-0.3, -0.25) is 4.79 Å². The number of carbonyl (C=O) groups is 1. The van der Waals surface area contributed by atoms with Gasteiger partial charge >= 0.3 is 0 Å². The van der Waals surface area contributed by atoms with Crippen LogP contribution >= 0.6 is 11.6 Å². The van der Waals surface area contributed by atoms with Crippen molar-refractivity contribution < 1.29 is 13.6 Å². The molecule has 1 atom stereocenters. The minimum Gasteiger partial charge on any atom is -0.441 e. The molecule has 1 unspecified atom stereocenters. The molecule has 0 bridgehead atoms. The maximum atomic E-state index is 13.3. The number of nitrogens with zero attached hydrogens (tertiary/aromatic N) is 1. The molecule has 2 aromatic carbocycles. The average molecular weight is 359 g/mol. The summed E-state index contributed by atoms with van der Waals surface area (Å²) in [6.07, 6.45) is 0. The van der Waals surface area contributed by atoms with Crippen molar-refractivity contribution in [3.8, 4) is 11.5 Å². The van der Waals surface area contributed by atoms with E-state index < -0.39 is 5.82 Å². The summed E-state index contributed by atoms with van der Waals surface area (Å²) in [5.41, 5.74) is 1.71. The molecule has 0 saturated heterocycles. The number of rotatable bonds is 4. The number of carbonyl (C=O) groups excluding carboxylic acids is 1. The third kappa shape index (κ3) is 3.72. The van der Waals surface area contributed by atoms with Crippen molar-refractivity contribution in [3.63, 3.8) is 0 Å². The quantitative estimate of drug-likeness (QED) is 0.719. The summed E-state index contributed by atoms with van der Waals surface area (Å²) in [7, 11) is 0. The van der Waals surface area contributed by atoms with Gasteiger partial charge in [-0.05, 0) is 43.7 Å². The molecule has 1 heterocycles. The Morgan fingerprint density at radius 1 is 1.24 bits per heavy atom. The highest BCUT2D eigenvalue weighted by molar-refractivity contribution is 6.30. The van der Waals surface area contributed by atoms with E-state index in [2.05, 4.69) is 10.3 Å². The fourth-order valence-electron chi connectivity index (χ4n) is 2.44. The van der Waals surface area contributed by atoms with Crippen LogP contribution in [-0.4, -0.2) is 10.9 Å². The Labute approximate surface area is 149 Å². The number of nitrogens with one attached hydrogen (secondary N) is 1. The summed E-state index contributed by atoms with van der Waals surface area (Å²) in [5.74, 6) is -0.0402. The third-order valence-corrected chi connectivity index (χ3v) is 4.11. The van der Waals surface area contributed by atoms with Gasteiger partial charge in [0.05, 0.1) is 11.1 Å². The molecule has 25 heavy (non-hydrogen) atoms. The normalized spacial score (nSPS) is 12.0. The Morgan fingerprint density at radius 2 is 1.96 bits per heavy atom. The van der Waals surface area contributed by atoms with Crippen molar-refractivity contribution in [2.24, 2.45) is 0 Å². The summed E-state index contributed by atoms with van der Waals surface area (Å²) in [6, 6.07) is 13.3. The summed E-state index contributed by atoms with van der Waals surface area (Å²) in [6.45, 7) is 3.47. The molecule has 0 aliphatic heterocycles. The summed E-state index contributed by atoms with van der Waals surface area (Å²) in [5, 5.41) is 2.84. The van der Waals surface area contributed by atoms with Gasteiger partial charge in [0.15, 0.2) is 5.69 Å². The van der Waals surface area contributed by atoms with Gasteiger partial charge in [0.1, 0.15) is 11.6 Å². The van der Waals surface area contributed by atoms with E-state index in [-0.39, 0.29) is 22.7 Å². The lowest BCUT2D eigenvalue weighted by Crippen LogP contribution is -2.27. The van der Waals surface area contributed by atoms with Crippen LogP contribution in [0.1, 0.15) is 34.8 Å². The van der Waals surface area contributed by atoms with E-state index in [1.807, 2.05) is 30.3 Å². The molecule has 0 aliphatic rings. The van der Waals surface area contributed by atoms with Crippen LogP contribution in [-0.2, 0) is 0 Å². The SMILES string of the molecule is Cc1oc(-c2ccccc2)nc1C(=O)NC(C)c1ccc(F)c(Cl)c1. The van der Waals surface area contributed by atoms with E-state index in [9.17, 15) is 9.18 Å². The maximum Gasteiger partial charge on any atom is 0.274 e. The number of hydrogen-bond acceptors (Lipinski definition) is 3. The van der Waals surface area contributed by atoms with Crippen LogP contribution in [0.4, 0.5) is 4.39 Å². The number of aromatic nitrogens is 1.